The first kappa shape index (κ1) is 13.7. The number of para-hydroxylation sites is 1. The number of nitrogens with zero attached hydrogens (tertiary/aromatic N) is 3. The summed E-state index contributed by atoms with van der Waals surface area (Å²) in [5, 5.41) is 12.2. The highest BCUT2D eigenvalue weighted by Crippen LogP contribution is 2.28. The molecular weight excluding hydrogens is 312 g/mol. The molecule has 5 nitrogen and oxygen atoms in total. The van der Waals surface area contributed by atoms with Gasteiger partial charge in [-0.25, -0.2) is 4.98 Å². The van der Waals surface area contributed by atoms with Crippen LogP contribution < -0.4 is 0 Å². The van der Waals surface area contributed by atoms with Crippen LogP contribution in [0.2, 0.25) is 5.15 Å². The predicted octanol–water partition coefficient (Wildman–Crippen LogP) is 4.22. The van der Waals surface area contributed by atoms with Gasteiger partial charge in [-0.2, -0.15) is 0 Å². The highest BCUT2D eigenvalue weighted by atomic mass is 35.5. The van der Waals surface area contributed by atoms with E-state index in [1.807, 2.05) is 30.3 Å². The molecule has 6 heteroatoms. The summed E-state index contributed by atoms with van der Waals surface area (Å²) in [6, 6.07) is 13.1. The van der Waals surface area contributed by atoms with Crippen molar-refractivity contribution < 1.29 is 5.11 Å². The van der Waals surface area contributed by atoms with Crippen LogP contribution in [0.25, 0.3) is 21.9 Å². The standard InChI is InChI=1S/C17H11ClN4O/c18-14-7-6-11-12(17(23)22-16(11)21-14)9-20-13-5-1-3-10-4-2-8-19-15(10)13/h1-9,23H,(H,21,22). The van der Waals surface area contributed by atoms with E-state index in [-0.39, 0.29) is 5.88 Å². The third-order valence-electron chi connectivity index (χ3n) is 3.59. The Balaban J connectivity index is 1.83. The molecule has 0 fully saturated rings. The molecule has 112 valence electrons. The second-order valence-corrected chi connectivity index (χ2v) is 5.42. The molecule has 4 rings (SSSR count). The lowest BCUT2D eigenvalue weighted by Crippen LogP contribution is -1.82. The molecule has 0 aliphatic heterocycles. The number of nitrogens with one attached hydrogen (secondary N) is 1. The van der Waals surface area contributed by atoms with Crippen LogP contribution in [0.1, 0.15) is 5.56 Å². The number of hydrogen-bond donors (Lipinski definition) is 2. The Hall–Kier alpha value is -2.92. The lowest BCUT2D eigenvalue weighted by atomic mass is 10.2. The quantitative estimate of drug-likeness (QED) is 0.428. The van der Waals surface area contributed by atoms with Crippen LogP contribution in [-0.4, -0.2) is 26.3 Å². The van der Waals surface area contributed by atoms with Crippen molar-refractivity contribution in [1.82, 2.24) is 15.0 Å². The van der Waals surface area contributed by atoms with Gasteiger partial charge in [0, 0.05) is 23.2 Å². The zero-order valence-corrected chi connectivity index (χ0v) is 12.6. The van der Waals surface area contributed by atoms with E-state index in [1.54, 1.807) is 24.5 Å². The fourth-order valence-electron chi connectivity index (χ4n) is 2.51. The van der Waals surface area contributed by atoms with E-state index in [2.05, 4.69) is 19.9 Å². The highest BCUT2D eigenvalue weighted by Gasteiger charge is 2.10. The van der Waals surface area contributed by atoms with Gasteiger partial charge in [-0.05, 0) is 24.3 Å². The molecule has 0 unspecified atom stereocenters. The maximum atomic E-state index is 10.1. The minimum atomic E-state index is 0.00622. The second-order valence-electron chi connectivity index (χ2n) is 5.03. The van der Waals surface area contributed by atoms with Gasteiger partial charge in [0.25, 0.3) is 0 Å². The Kier molecular flexibility index (Phi) is 3.20. The number of aliphatic imine (C=N–C) groups is 1. The summed E-state index contributed by atoms with van der Waals surface area (Å²) in [7, 11) is 0. The number of rotatable bonds is 2. The van der Waals surface area contributed by atoms with Crippen LogP contribution in [0.3, 0.4) is 0 Å². The van der Waals surface area contributed by atoms with E-state index >= 15 is 0 Å². The first-order valence-electron chi connectivity index (χ1n) is 6.97. The Bertz CT molecular complexity index is 1050. The molecule has 0 aliphatic carbocycles. The SMILES string of the molecule is Oc1[nH]c2nc(Cl)ccc2c1C=Nc1cccc2cccnc12. The molecule has 0 radical (unpaired) electrons. The van der Waals surface area contributed by atoms with Crippen molar-refractivity contribution in [2.24, 2.45) is 4.99 Å². The van der Waals surface area contributed by atoms with Crippen LogP contribution in [0.15, 0.2) is 53.7 Å². The van der Waals surface area contributed by atoms with Crippen LogP contribution >= 0.6 is 11.6 Å². The largest absolute Gasteiger partial charge is 0.494 e. The Morgan fingerprint density at radius 3 is 2.91 bits per heavy atom. The monoisotopic (exact) mass is 322 g/mol. The number of benzene rings is 1. The van der Waals surface area contributed by atoms with Gasteiger partial charge in [0.2, 0.25) is 0 Å². The molecule has 0 bridgehead atoms. The molecule has 3 aromatic heterocycles. The zero-order chi connectivity index (χ0) is 15.8. The van der Waals surface area contributed by atoms with Gasteiger partial charge in [0.1, 0.15) is 10.8 Å². The van der Waals surface area contributed by atoms with Crippen molar-refractivity contribution in [2.75, 3.05) is 0 Å². The summed E-state index contributed by atoms with van der Waals surface area (Å²) in [6.45, 7) is 0. The number of aromatic hydroxyl groups is 1. The van der Waals surface area contributed by atoms with Crippen molar-refractivity contribution >= 4 is 45.4 Å². The summed E-state index contributed by atoms with van der Waals surface area (Å²) in [6.07, 6.45) is 3.34. The first-order chi connectivity index (χ1) is 11.2. The number of pyridine rings is 2. The summed E-state index contributed by atoms with van der Waals surface area (Å²) < 4.78 is 0. The molecule has 0 saturated heterocycles. The zero-order valence-electron chi connectivity index (χ0n) is 11.9. The summed E-state index contributed by atoms with van der Waals surface area (Å²) in [5.41, 5.74) is 2.63. The third-order valence-corrected chi connectivity index (χ3v) is 3.80. The Morgan fingerprint density at radius 1 is 1.13 bits per heavy atom. The van der Waals surface area contributed by atoms with E-state index in [1.165, 1.54) is 0 Å². The van der Waals surface area contributed by atoms with Crippen LogP contribution in [0, 0.1) is 0 Å². The van der Waals surface area contributed by atoms with Crippen molar-refractivity contribution in [3.8, 4) is 5.88 Å². The van der Waals surface area contributed by atoms with E-state index in [0.717, 1.165) is 22.0 Å². The smallest absolute Gasteiger partial charge is 0.199 e. The Labute approximate surface area is 136 Å². The molecule has 23 heavy (non-hydrogen) atoms. The number of aromatic amines is 1. The topological polar surface area (TPSA) is 74.2 Å². The minimum Gasteiger partial charge on any atom is -0.494 e. The number of fused-ring (bicyclic) bond motifs is 2. The van der Waals surface area contributed by atoms with Gasteiger partial charge in [0.05, 0.1) is 16.8 Å². The van der Waals surface area contributed by atoms with Crippen molar-refractivity contribution in [3.63, 3.8) is 0 Å². The third kappa shape index (κ3) is 2.41. The molecular formula is C17H11ClN4O. The predicted molar refractivity (Wildman–Crippen MR) is 91.8 cm³/mol. The van der Waals surface area contributed by atoms with Crippen molar-refractivity contribution in [2.45, 2.75) is 0 Å². The maximum absolute atomic E-state index is 10.1. The average molecular weight is 323 g/mol. The van der Waals surface area contributed by atoms with Crippen LogP contribution in [0.5, 0.6) is 5.88 Å². The van der Waals surface area contributed by atoms with Gasteiger partial charge in [-0.1, -0.05) is 29.8 Å². The first-order valence-corrected chi connectivity index (χ1v) is 7.35. The van der Waals surface area contributed by atoms with Gasteiger partial charge in [-0.3, -0.25) is 9.98 Å². The maximum Gasteiger partial charge on any atom is 0.199 e. The number of aromatic nitrogens is 3. The summed E-state index contributed by atoms with van der Waals surface area (Å²) >= 11 is 5.86. The molecule has 1 aromatic carbocycles. The molecule has 0 saturated carbocycles. The lowest BCUT2D eigenvalue weighted by Gasteiger charge is -2.00. The van der Waals surface area contributed by atoms with Gasteiger partial charge in [0.15, 0.2) is 5.88 Å². The van der Waals surface area contributed by atoms with E-state index in [9.17, 15) is 5.11 Å². The summed E-state index contributed by atoms with van der Waals surface area (Å²) in [5.74, 6) is 0.00622. The second kappa shape index (κ2) is 5.37. The van der Waals surface area contributed by atoms with Crippen molar-refractivity contribution in [1.29, 1.82) is 0 Å². The van der Waals surface area contributed by atoms with E-state index in [4.69, 9.17) is 11.6 Å². The number of hydrogen-bond acceptors (Lipinski definition) is 4. The van der Waals surface area contributed by atoms with E-state index in [0.29, 0.717) is 16.4 Å². The average Bonchev–Trinajstić information content (AvgIpc) is 2.87. The normalized spacial score (nSPS) is 11.7. The molecule has 4 aromatic rings. The molecule has 0 atom stereocenters. The van der Waals surface area contributed by atoms with Crippen molar-refractivity contribution in [3.05, 3.63) is 59.4 Å². The molecule has 0 aliphatic rings. The highest BCUT2D eigenvalue weighted by molar-refractivity contribution is 6.29. The van der Waals surface area contributed by atoms with Crippen LogP contribution in [0.4, 0.5) is 5.69 Å². The van der Waals surface area contributed by atoms with Crippen LogP contribution in [-0.2, 0) is 0 Å². The fourth-order valence-corrected chi connectivity index (χ4v) is 2.66. The summed E-state index contributed by atoms with van der Waals surface area (Å²) in [4.78, 5) is 15.8. The number of halogens is 1. The van der Waals surface area contributed by atoms with Gasteiger partial charge >= 0.3 is 0 Å². The molecule has 0 amide bonds. The fraction of sp³-hybridized carbons (Fsp3) is 0. The van der Waals surface area contributed by atoms with E-state index < -0.39 is 0 Å². The van der Waals surface area contributed by atoms with Gasteiger partial charge < -0.3 is 10.1 Å². The molecule has 0 spiro atoms. The lowest BCUT2D eigenvalue weighted by molar-refractivity contribution is 0.457. The minimum absolute atomic E-state index is 0.00622. The van der Waals surface area contributed by atoms with Gasteiger partial charge in [-0.15, -0.1) is 0 Å². The number of H-pyrrole nitrogens is 1. The Morgan fingerprint density at radius 2 is 2.00 bits per heavy atom. The molecule has 3 heterocycles. The molecule has 2 N–H and O–H groups in total.